The van der Waals surface area contributed by atoms with E-state index in [4.69, 9.17) is 9.84 Å². The smallest absolute Gasteiger partial charge is 0.165 e. The minimum absolute atomic E-state index is 0.218. The topological polar surface area (TPSA) is 43.2 Å². The molecule has 0 saturated heterocycles. The zero-order valence-electron chi connectivity index (χ0n) is 17.9. The molecule has 0 aliphatic heterocycles. The maximum absolute atomic E-state index is 14.4. The minimum atomic E-state index is -0.404. The second kappa shape index (κ2) is 9.10. The molecule has 0 aliphatic carbocycles. The highest BCUT2D eigenvalue weighted by molar-refractivity contribution is 5.64. The van der Waals surface area contributed by atoms with Gasteiger partial charge in [0.05, 0.1) is 24.2 Å². The number of aryl methyl sites for hydroxylation is 1. The first-order valence-electron chi connectivity index (χ1n) is 10.1. The lowest BCUT2D eigenvalue weighted by Gasteiger charge is -2.16. The number of rotatable bonds is 7. The summed E-state index contributed by atoms with van der Waals surface area (Å²) in [6.07, 6.45) is 3.82. The fourth-order valence-electron chi connectivity index (χ4n) is 3.64. The summed E-state index contributed by atoms with van der Waals surface area (Å²) in [5.74, 6) is -0.186. The van der Waals surface area contributed by atoms with Crippen molar-refractivity contribution >= 4 is 0 Å². The van der Waals surface area contributed by atoms with Crippen molar-refractivity contribution in [1.82, 2.24) is 19.7 Å². The van der Waals surface area contributed by atoms with Crippen molar-refractivity contribution in [1.29, 1.82) is 0 Å². The third kappa shape index (κ3) is 4.64. The number of para-hydroxylation sites is 1. The molecule has 4 aromatic rings. The lowest BCUT2D eigenvalue weighted by Crippen LogP contribution is -2.18. The standard InChI is InChI=1S/C25H25FN4O/c1-18-8-4-5-10-23(18)30-16-20(15-29(2)17-21-9-6-7-13-27-21)25(28-30)19-11-12-24(31-3)22(26)14-19/h4-14,16H,15,17H2,1-3H3. The van der Waals surface area contributed by atoms with Crippen LogP contribution in [-0.2, 0) is 13.1 Å². The van der Waals surface area contributed by atoms with Crippen molar-refractivity contribution in [3.8, 4) is 22.7 Å². The number of aromatic nitrogens is 3. The van der Waals surface area contributed by atoms with Gasteiger partial charge in [0.1, 0.15) is 0 Å². The van der Waals surface area contributed by atoms with E-state index in [1.54, 1.807) is 12.3 Å². The lowest BCUT2D eigenvalue weighted by atomic mass is 10.1. The van der Waals surface area contributed by atoms with Crippen LogP contribution in [0.25, 0.3) is 16.9 Å². The molecule has 4 rings (SSSR count). The Bertz CT molecular complexity index is 1170. The molecule has 31 heavy (non-hydrogen) atoms. The maximum atomic E-state index is 14.4. The van der Waals surface area contributed by atoms with Gasteiger partial charge in [-0.15, -0.1) is 0 Å². The fraction of sp³-hybridized carbons (Fsp3) is 0.200. The summed E-state index contributed by atoms with van der Waals surface area (Å²) in [5, 5.41) is 4.84. The van der Waals surface area contributed by atoms with Crippen LogP contribution >= 0.6 is 0 Å². The number of hydrogen-bond donors (Lipinski definition) is 0. The first-order valence-corrected chi connectivity index (χ1v) is 10.1. The zero-order chi connectivity index (χ0) is 21.8. The first-order chi connectivity index (χ1) is 15.0. The molecule has 158 valence electrons. The van der Waals surface area contributed by atoms with Crippen LogP contribution in [0.5, 0.6) is 5.75 Å². The number of hydrogen-bond acceptors (Lipinski definition) is 4. The van der Waals surface area contributed by atoms with Gasteiger partial charge in [0.25, 0.3) is 0 Å². The molecule has 0 spiro atoms. The minimum Gasteiger partial charge on any atom is -0.494 e. The summed E-state index contributed by atoms with van der Waals surface area (Å²) in [4.78, 5) is 6.58. The van der Waals surface area contributed by atoms with Gasteiger partial charge in [0, 0.05) is 36.6 Å². The zero-order valence-corrected chi connectivity index (χ0v) is 17.9. The van der Waals surface area contributed by atoms with Crippen molar-refractivity contribution < 1.29 is 9.13 Å². The molecule has 2 aromatic heterocycles. The van der Waals surface area contributed by atoms with Gasteiger partial charge in [-0.25, -0.2) is 9.07 Å². The monoisotopic (exact) mass is 416 g/mol. The Morgan fingerprint density at radius 2 is 1.84 bits per heavy atom. The Morgan fingerprint density at radius 3 is 2.55 bits per heavy atom. The van der Waals surface area contributed by atoms with E-state index in [0.717, 1.165) is 28.2 Å². The Kier molecular flexibility index (Phi) is 6.09. The highest BCUT2D eigenvalue weighted by atomic mass is 19.1. The fourth-order valence-corrected chi connectivity index (χ4v) is 3.64. The molecule has 0 saturated carbocycles. The summed E-state index contributed by atoms with van der Waals surface area (Å²) >= 11 is 0. The quantitative estimate of drug-likeness (QED) is 0.424. The lowest BCUT2D eigenvalue weighted by molar-refractivity contribution is 0.315. The van der Waals surface area contributed by atoms with Crippen LogP contribution < -0.4 is 4.74 Å². The molecule has 2 aromatic carbocycles. The van der Waals surface area contributed by atoms with Crippen LogP contribution in [-0.4, -0.2) is 33.8 Å². The maximum Gasteiger partial charge on any atom is 0.165 e. The van der Waals surface area contributed by atoms with E-state index in [1.165, 1.54) is 13.2 Å². The van der Waals surface area contributed by atoms with E-state index in [2.05, 4.69) is 22.9 Å². The predicted octanol–water partition coefficient (Wildman–Crippen LogP) is 5.02. The van der Waals surface area contributed by atoms with Crippen molar-refractivity contribution in [2.75, 3.05) is 14.2 Å². The molecule has 0 radical (unpaired) electrons. The van der Waals surface area contributed by atoms with Gasteiger partial charge in [-0.05, 0) is 55.9 Å². The number of halogens is 1. The first kappa shape index (κ1) is 20.8. The SMILES string of the molecule is COc1ccc(-c2nn(-c3ccccc3C)cc2CN(C)Cc2ccccn2)cc1F. The van der Waals surface area contributed by atoms with Crippen LogP contribution in [0, 0.1) is 12.7 Å². The molecular formula is C25H25FN4O. The van der Waals surface area contributed by atoms with E-state index >= 15 is 0 Å². The Hall–Kier alpha value is -3.51. The molecule has 0 bridgehead atoms. The van der Waals surface area contributed by atoms with Crippen molar-refractivity contribution in [2.45, 2.75) is 20.0 Å². The number of benzene rings is 2. The Labute approximate surface area is 181 Å². The number of pyridine rings is 1. The van der Waals surface area contributed by atoms with Gasteiger partial charge < -0.3 is 4.74 Å². The van der Waals surface area contributed by atoms with E-state index in [1.807, 2.05) is 60.4 Å². The molecule has 0 aliphatic rings. The molecule has 0 fully saturated rings. The third-order valence-electron chi connectivity index (χ3n) is 5.18. The predicted molar refractivity (Wildman–Crippen MR) is 120 cm³/mol. The van der Waals surface area contributed by atoms with Crippen LogP contribution in [0.15, 0.2) is 73.1 Å². The summed E-state index contributed by atoms with van der Waals surface area (Å²) in [6.45, 7) is 3.40. The van der Waals surface area contributed by atoms with Gasteiger partial charge >= 0.3 is 0 Å². The largest absolute Gasteiger partial charge is 0.494 e. The average Bonchev–Trinajstić information content (AvgIpc) is 3.18. The highest BCUT2D eigenvalue weighted by Crippen LogP contribution is 2.29. The number of ether oxygens (including phenoxy) is 1. The molecule has 0 amide bonds. The van der Waals surface area contributed by atoms with Crippen molar-refractivity contribution in [2.24, 2.45) is 0 Å². The van der Waals surface area contributed by atoms with Crippen molar-refractivity contribution in [3.05, 3.63) is 95.7 Å². The summed E-state index contributed by atoms with van der Waals surface area (Å²) < 4.78 is 21.4. The van der Waals surface area contributed by atoms with Crippen LogP contribution in [0.3, 0.4) is 0 Å². The average molecular weight is 417 g/mol. The summed E-state index contributed by atoms with van der Waals surface area (Å²) in [5.41, 5.74) is 5.58. The molecule has 2 heterocycles. The van der Waals surface area contributed by atoms with Crippen LogP contribution in [0.1, 0.15) is 16.8 Å². The summed E-state index contributed by atoms with van der Waals surface area (Å²) in [6, 6.07) is 18.9. The molecule has 5 nitrogen and oxygen atoms in total. The Balaban J connectivity index is 1.71. The van der Waals surface area contributed by atoms with Crippen LogP contribution in [0.2, 0.25) is 0 Å². The number of methoxy groups -OCH3 is 1. The normalized spacial score (nSPS) is 11.1. The van der Waals surface area contributed by atoms with Gasteiger partial charge in [0.2, 0.25) is 0 Å². The Morgan fingerprint density at radius 1 is 1.03 bits per heavy atom. The van der Waals surface area contributed by atoms with Gasteiger partial charge in [-0.1, -0.05) is 24.3 Å². The van der Waals surface area contributed by atoms with Crippen molar-refractivity contribution in [3.63, 3.8) is 0 Å². The van der Waals surface area contributed by atoms with Crippen LogP contribution in [0.4, 0.5) is 4.39 Å². The molecule has 0 unspecified atom stereocenters. The summed E-state index contributed by atoms with van der Waals surface area (Å²) in [7, 11) is 3.50. The van der Waals surface area contributed by atoms with Gasteiger partial charge in [-0.3, -0.25) is 9.88 Å². The molecule has 6 heteroatoms. The second-order valence-electron chi connectivity index (χ2n) is 7.58. The molecule has 0 N–H and O–H groups in total. The van der Waals surface area contributed by atoms with Gasteiger partial charge in [-0.2, -0.15) is 5.10 Å². The van der Waals surface area contributed by atoms with Gasteiger partial charge in [0.15, 0.2) is 11.6 Å². The van der Waals surface area contributed by atoms with E-state index in [0.29, 0.717) is 18.7 Å². The number of nitrogens with zero attached hydrogens (tertiary/aromatic N) is 4. The third-order valence-corrected chi connectivity index (χ3v) is 5.18. The van der Waals surface area contributed by atoms with E-state index in [-0.39, 0.29) is 5.75 Å². The van der Waals surface area contributed by atoms with E-state index < -0.39 is 5.82 Å². The van der Waals surface area contributed by atoms with E-state index in [9.17, 15) is 4.39 Å². The molecule has 0 atom stereocenters. The molecular weight excluding hydrogens is 391 g/mol. The highest BCUT2D eigenvalue weighted by Gasteiger charge is 2.17. The second-order valence-corrected chi connectivity index (χ2v) is 7.58.